The molecule has 1 fully saturated rings. The van der Waals surface area contributed by atoms with E-state index in [1.165, 1.54) is 12.8 Å². The number of hydrogen-bond acceptors (Lipinski definition) is 7. The number of fused-ring (bicyclic) bond motifs is 1. The molecule has 1 saturated carbocycles. The topological polar surface area (TPSA) is 99.4 Å². The van der Waals surface area contributed by atoms with Crippen molar-refractivity contribution < 1.29 is 33.3 Å². The third-order valence-corrected chi connectivity index (χ3v) is 6.26. The van der Waals surface area contributed by atoms with Crippen LogP contribution in [0.5, 0.6) is 0 Å². The third-order valence-electron chi connectivity index (χ3n) is 6.26. The number of nitrogens with one attached hydrogen (secondary N) is 1. The number of ether oxygens (including phenoxy) is 4. The lowest BCUT2D eigenvalue weighted by atomic mass is 9.81. The monoisotopic (exact) mass is 473 g/mol. The maximum atomic E-state index is 12.9. The first-order valence-corrected chi connectivity index (χ1v) is 12.2. The number of allylic oxidation sites excluding steroid dienone is 1. The van der Waals surface area contributed by atoms with E-state index >= 15 is 0 Å². The molecule has 2 aromatic rings. The van der Waals surface area contributed by atoms with Crippen LogP contribution in [0.15, 0.2) is 46.8 Å². The molecule has 4 rings (SSSR count). The molecule has 2 N–H and O–H groups in total. The molecule has 1 aliphatic carbocycles. The minimum Gasteiger partial charge on any atom is -0.464 e. The smallest absolute Gasteiger partial charge is 0.286 e. The van der Waals surface area contributed by atoms with Gasteiger partial charge in [0.25, 0.3) is 5.91 Å². The second-order valence-corrected chi connectivity index (χ2v) is 8.74. The fourth-order valence-corrected chi connectivity index (χ4v) is 4.30. The lowest BCUT2D eigenvalue weighted by molar-refractivity contribution is -0.168. The van der Waals surface area contributed by atoms with Crippen molar-refractivity contribution in [2.75, 3.05) is 46.2 Å². The number of carbonyl (C=O) groups is 1. The predicted octanol–water partition coefficient (Wildman–Crippen LogP) is 3.35. The summed E-state index contributed by atoms with van der Waals surface area (Å²) in [7, 11) is 0. The van der Waals surface area contributed by atoms with Crippen LogP contribution < -0.4 is 5.32 Å². The summed E-state index contributed by atoms with van der Waals surface area (Å²) in [6.07, 6.45) is 6.10. The maximum absolute atomic E-state index is 12.9. The van der Waals surface area contributed by atoms with Crippen molar-refractivity contribution in [1.82, 2.24) is 5.32 Å². The lowest BCUT2D eigenvalue weighted by Gasteiger charge is -2.36. The Morgan fingerprint density at radius 2 is 1.94 bits per heavy atom. The van der Waals surface area contributed by atoms with Crippen molar-refractivity contribution in [3.8, 4) is 0 Å². The van der Waals surface area contributed by atoms with Crippen molar-refractivity contribution in [3.05, 3.63) is 47.9 Å². The fourth-order valence-electron chi connectivity index (χ4n) is 4.30. The number of rotatable bonds is 14. The summed E-state index contributed by atoms with van der Waals surface area (Å²) in [6, 6.07) is 7.90. The molecular weight excluding hydrogens is 438 g/mol. The maximum Gasteiger partial charge on any atom is 0.286 e. The number of amides is 1. The zero-order chi connectivity index (χ0) is 23.8. The minimum atomic E-state index is -0.579. The molecule has 34 heavy (non-hydrogen) atoms. The Labute approximate surface area is 200 Å². The van der Waals surface area contributed by atoms with E-state index in [0.717, 1.165) is 16.5 Å². The highest BCUT2D eigenvalue weighted by molar-refractivity contribution is 5.92. The molecule has 0 spiro atoms. The van der Waals surface area contributed by atoms with E-state index in [1.54, 1.807) is 6.26 Å². The van der Waals surface area contributed by atoms with E-state index in [4.69, 9.17) is 28.5 Å². The molecule has 0 radical (unpaired) electrons. The highest BCUT2D eigenvalue weighted by Crippen LogP contribution is 2.42. The van der Waals surface area contributed by atoms with Crippen LogP contribution >= 0.6 is 0 Å². The van der Waals surface area contributed by atoms with E-state index in [1.807, 2.05) is 37.3 Å². The Kier molecular flexibility index (Phi) is 8.98. The normalized spacial score (nSPS) is 22.4. The lowest BCUT2D eigenvalue weighted by Crippen LogP contribution is -2.39. The molecule has 1 aromatic heterocycles. The van der Waals surface area contributed by atoms with Gasteiger partial charge in [-0.25, -0.2) is 0 Å². The summed E-state index contributed by atoms with van der Waals surface area (Å²) in [5.41, 5.74) is 1.81. The second kappa shape index (κ2) is 12.4. The van der Waals surface area contributed by atoms with Gasteiger partial charge in [-0.2, -0.15) is 0 Å². The fraction of sp³-hybridized carbons (Fsp3) is 0.577. The SMILES string of the molecule is CCO[C@@H]1OC(C(=O)NCC2CC2)=C[C@H](c2coc3ccccc23)[C@@H]1CCOCCOCCO. The van der Waals surface area contributed by atoms with E-state index in [9.17, 15) is 4.79 Å². The number of carbonyl (C=O) groups excluding carboxylic acids is 1. The molecule has 8 nitrogen and oxygen atoms in total. The van der Waals surface area contributed by atoms with Crippen molar-refractivity contribution in [1.29, 1.82) is 0 Å². The van der Waals surface area contributed by atoms with Gasteiger partial charge in [0.2, 0.25) is 6.29 Å². The molecule has 3 atom stereocenters. The number of aliphatic hydroxyl groups excluding tert-OH is 1. The van der Waals surface area contributed by atoms with Crippen LogP contribution in [0.3, 0.4) is 0 Å². The molecule has 1 aliphatic heterocycles. The Bertz CT molecular complexity index is 952. The van der Waals surface area contributed by atoms with Crippen LogP contribution in [0.1, 0.15) is 37.7 Å². The number of furan rings is 1. The van der Waals surface area contributed by atoms with Crippen molar-refractivity contribution in [2.45, 2.75) is 38.4 Å². The number of benzene rings is 1. The zero-order valence-corrected chi connectivity index (χ0v) is 19.7. The third kappa shape index (κ3) is 6.39. The first-order chi connectivity index (χ1) is 16.7. The average molecular weight is 474 g/mol. The van der Waals surface area contributed by atoms with Crippen LogP contribution in [-0.2, 0) is 23.7 Å². The largest absolute Gasteiger partial charge is 0.464 e. The molecule has 8 heteroatoms. The molecule has 2 heterocycles. The average Bonchev–Trinajstić information content (AvgIpc) is 3.59. The van der Waals surface area contributed by atoms with Crippen LogP contribution in [0.4, 0.5) is 0 Å². The summed E-state index contributed by atoms with van der Waals surface area (Å²) in [5, 5.41) is 12.8. The van der Waals surface area contributed by atoms with E-state index in [-0.39, 0.29) is 24.3 Å². The van der Waals surface area contributed by atoms with Gasteiger partial charge in [-0.15, -0.1) is 0 Å². The van der Waals surface area contributed by atoms with Gasteiger partial charge >= 0.3 is 0 Å². The highest BCUT2D eigenvalue weighted by Gasteiger charge is 2.39. The number of hydrogen-bond donors (Lipinski definition) is 2. The van der Waals surface area contributed by atoms with E-state index in [0.29, 0.717) is 57.7 Å². The van der Waals surface area contributed by atoms with Gasteiger partial charge in [0.15, 0.2) is 5.76 Å². The van der Waals surface area contributed by atoms with Crippen molar-refractivity contribution in [3.63, 3.8) is 0 Å². The Morgan fingerprint density at radius 3 is 2.71 bits per heavy atom. The molecule has 0 bridgehead atoms. The molecule has 1 aromatic carbocycles. The highest BCUT2D eigenvalue weighted by atomic mass is 16.7. The molecule has 0 saturated heterocycles. The van der Waals surface area contributed by atoms with E-state index in [2.05, 4.69) is 5.32 Å². The molecule has 1 amide bonds. The molecule has 0 unspecified atom stereocenters. The van der Waals surface area contributed by atoms with Gasteiger partial charge in [-0.1, -0.05) is 18.2 Å². The van der Waals surface area contributed by atoms with Crippen LogP contribution in [0.2, 0.25) is 0 Å². The Balaban J connectivity index is 1.53. The standard InChI is InChI=1S/C26H35NO7/c1-2-32-26-20(9-11-30-13-14-31-12-10-28)21(22-17-33-23-6-4-3-5-19(22)23)15-24(34-26)25(29)27-16-18-7-8-18/h3-6,15,17-18,20-21,26,28H,2,7-14,16H2,1H3,(H,27,29)/t20-,21-,26+/m0/s1. The number of para-hydroxylation sites is 1. The van der Waals surface area contributed by atoms with Gasteiger partial charge in [0.1, 0.15) is 5.58 Å². The first-order valence-electron chi connectivity index (χ1n) is 12.2. The second-order valence-electron chi connectivity index (χ2n) is 8.74. The van der Waals surface area contributed by atoms with Crippen LogP contribution in [0.25, 0.3) is 11.0 Å². The summed E-state index contributed by atoms with van der Waals surface area (Å²) in [4.78, 5) is 12.9. The van der Waals surface area contributed by atoms with Gasteiger partial charge in [-0.3, -0.25) is 4.79 Å². The molecular formula is C26H35NO7. The Morgan fingerprint density at radius 1 is 1.15 bits per heavy atom. The van der Waals surface area contributed by atoms with E-state index < -0.39 is 6.29 Å². The van der Waals surface area contributed by atoms with Crippen molar-refractivity contribution >= 4 is 16.9 Å². The van der Waals surface area contributed by atoms with Crippen LogP contribution in [0, 0.1) is 11.8 Å². The van der Waals surface area contributed by atoms with Gasteiger partial charge < -0.3 is 33.8 Å². The minimum absolute atomic E-state index is 0.00130. The summed E-state index contributed by atoms with van der Waals surface area (Å²) in [6.45, 7) is 4.72. The summed E-state index contributed by atoms with van der Waals surface area (Å²) < 4.78 is 28.9. The van der Waals surface area contributed by atoms with Gasteiger partial charge in [0.05, 0.1) is 32.7 Å². The van der Waals surface area contributed by atoms with Gasteiger partial charge in [0, 0.05) is 42.5 Å². The first kappa shape index (κ1) is 24.7. The summed E-state index contributed by atoms with van der Waals surface area (Å²) >= 11 is 0. The quantitative estimate of drug-likeness (QED) is 0.406. The number of aliphatic hydroxyl groups is 1. The van der Waals surface area contributed by atoms with Gasteiger partial charge in [-0.05, 0) is 44.2 Å². The predicted molar refractivity (Wildman–Crippen MR) is 126 cm³/mol. The van der Waals surface area contributed by atoms with Crippen LogP contribution in [-0.4, -0.2) is 63.5 Å². The van der Waals surface area contributed by atoms with Crippen molar-refractivity contribution in [2.24, 2.45) is 11.8 Å². The molecule has 186 valence electrons. The summed E-state index contributed by atoms with van der Waals surface area (Å²) in [5.74, 6) is 0.467. The Hall–Kier alpha value is -2.39. The molecule has 2 aliphatic rings. The zero-order valence-electron chi connectivity index (χ0n) is 19.7.